The molecule has 0 aliphatic rings. The lowest BCUT2D eigenvalue weighted by molar-refractivity contribution is 0.0314. The van der Waals surface area contributed by atoms with Crippen LogP contribution in [0.4, 0.5) is 4.39 Å². The van der Waals surface area contributed by atoms with Crippen LogP contribution in [-0.2, 0) is 4.74 Å². The van der Waals surface area contributed by atoms with Crippen LogP contribution in [0.5, 0.6) is 5.75 Å². The third-order valence-electron chi connectivity index (χ3n) is 3.70. The van der Waals surface area contributed by atoms with Crippen molar-refractivity contribution in [2.24, 2.45) is 0 Å². The van der Waals surface area contributed by atoms with Crippen LogP contribution in [0.3, 0.4) is 0 Å². The van der Waals surface area contributed by atoms with Gasteiger partial charge in [-0.2, -0.15) is 0 Å². The number of hydrogen-bond donors (Lipinski definition) is 1. The lowest BCUT2D eigenvalue weighted by atomic mass is 10.2. The lowest BCUT2D eigenvalue weighted by Gasteiger charge is -2.13. The number of esters is 1. The van der Waals surface area contributed by atoms with Crippen molar-refractivity contribution >= 4 is 16.9 Å². The third-order valence-corrected chi connectivity index (χ3v) is 3.70. The van der Waals surface area contributed by atoms with Crippen molar-refractivity contribution in [2.75, 3.05) is 7.11 Å². The molecule has 3 aromatic rings. The minimum atomic E-state index is -0.858. The van der Waals surface area contributed by atoms with Crippen LogP contribution in [0.2, 0.25) is 0 Å². The Morgan fingerprint density at radius 3 is 2.72 bits per heavy atom. The van der Waals surface area contributed by atoms with E-state index in [1.165, 1.54) is 19.2 Å². The maximum atomic E-state index is 14.0. The molecule has 1 heterocycles. The molecule has 0 amide bonds. The normalized spacial score (nSPS) is 12.0. The molecule has 0 unspecified atom stereocenters. The van der Waals surface area contributed by atoms with E-state index in [0.717, 1.165) is 6.07 Å². The molecule has 2 aromatic carbocycles. The van der Waals surface area contributed by atoms with Crippen LogP contribution < -0.4 is 10.3 Å². The summed E-state index contributed by atoms with van der Waals surface area (Å²) in [5, 5.41) is 0.436. The van der Waals surface area contributed by atoms with Crippen LogP contribution in [0, 0.1) is 5.82 Å². The van der Waals surface area contributed by atoms with Gasteiger partial charge in [-0.15, -0.1) is 0 Å². The predicted octanol–water partition coefficient (Wildman–Crippen LogP) is 2.99. The molecule has 25 heavy (non-hydrogen) atoms. The van der Waals surface area contributed by atoms with Crippen LogP contribution in [0.25, 0.3) is 10.9 Å². The molecule has 6 nitrogen and oxygen atoms in total. The number of aromatic amines is 1. The topological polar surface area (TPSA) is 81.3 Å². The quantitative estimate of drug-likeness (QED) is 0.737. The Kier molecular flexibility index (Phi) is 4.47. The van der Waals surface area contributed by atoms with Gasteiger partial charge in [-0.1, -0.05) is 12.1 Å². The first-order valence-corrected chi connectivity index (χ1v) is 7.53. The van der Waals surface area contributed by atoms with E-state index in [1.54, 1.807) is 31.2 Å². The second-order valence-corrected chi connectivity index (χ2v) is 5.36. The Hall–Kier alpha value is -3.22. The monoisotopic (exact) mass is 342 g/mol. The number of ether oxygens (including phenoxy) is 2. The number of para-hydroxylation sites is 1. The molecular formula is C18H15FN2O4. The highest BCUT2D eigenvalue weighted by Gasteiger charge is 2.20. The number of nitrogens with one attached hydrogen (secondary N) is 1. The largest absolute Gasteiger partial charge is 0.497 e. The molecule has 0 fully saturated rings. The first-order chi connectivity index (χ1) is 12.0. The highest BCUT2D eigenvalue weighted by atomic mass is 19.1. The van der Waals surface area contributed by atoms with Crippen molar-refractivity contribution in [1.82, 2.24) is 9.97 Å². The molecule has 0 aliphatic heterocycles. The number of halogens is 1. The summed E-state index contributed by atoms with van der Waals surface area (Å²) < 4.78 is 24.1. The average Bonchev–Trinajstić information content (AvgIpc) is 2.61. The second-order valence-electron chi connectivity index (χ2n) is 5.36. The molecule has 0 spiro atoms. The van der Waals surface area contributed by atoms with Crippen molar-refractivity contribution < 1.29 is 18.7 Å². The summed E-state index contributed by atoms with van der Waals surface area (Å²) in [5.74, 6) is -1.13. The molecule has 1 aromatic heterocycles. The van der Waals surface area contributed by atoms with Gasteiger partial charge in [0.15, 0.2) is 11.9 Å². The Labute approximate surface area is 142 Å². The number of benzene rings is 2. The smallest absolute Gasteiger partial charge is 0.341 e. The highest BCUT2D eigenvalue weighted by molar-refractivity contribution is 5.90. The minimum absolute atomic E-state index is 0.186. The zero-order valence-corrected chi connectivity index (χ0v) is 13.6. The van der Waals surface area contributed by atoms with E-state index in [1.807, 2.05) is 0 Å². The molecule has 3 rings (SSSR count). The molecule has 128 valence electrons. The number of carbonyl (C=O) groups excluding carboxylic acids is 1. The fraction of sp³-hybridized carbons (Fsp3) is 0.167. The molecule has 0 bridgehead atoms. The van der Waals surface area contributed by atoms with Gasteiger partial charge in [-0.05, 0) is 31.2 Å². The van der Waals surface area contributed by atoms with Gasteiger partial charge in [-0.25, -0.2) is 14.2 Å². The summed E-state index contributed by atoms with van der Waals surface area (Å²) in [7, 11) is 1.40. The summed E-state index contributed by atoms with van der Waals surface area (Å²) in [6.45, 7) is 1.55. The van der Waals surface area contributed by atoms with Crippen LogP contribution in [0.15, 0.2) is 47.3 Å². The van der Waals surface area contributed by atoms with Gasteiger partial charge in [0.1, 0.15) is 11.6 Å². The number of carbonyl (C=O) groups is 1. The first-order valence-electron chi connectivity index (χ1n) is 7.53. The summed E-state index contributed by atoms with van der Waals surface area (Å²) in [4.78, 5) is 31.1. The van der Waals surface area contributed by atoms with Crippen molar-refractivity contribution in [3.8, 4) is 5.75 Å². The summed E-state index contributed by atoms with van der Waals surface area (Å²) in [6.07, 6.45) is -0.855. The maximum Gasteiger partial charge on any atom is 0.341 e. The second kappa shape index (κ2) is 6.72. The number of H-pyrrole nitrogens is 1. The molecule has 1 N–H and O–H groups in total. The molecule has 1 atom stereocenters. The molecule has 0 saturated carbocycles. The maximum absolute atomic E-state index is 14.0. The summed E-state index contributed by atoms with van der Waals surface area (Å²) in [5.41, 5.74) is -0.0744. The Morgan fingerprint density at radius 2 is 2.00 bits per heavy atom. The van der Waals surface area contributed by atoms with Gasteiger partial charge in [0.05, 0.1) is 23.6 Å². The van der Waals surface area contributed by atoms with Crippen molar-refractivity contribution in [3.63, 3.8) is 0 Å². The van der Waals surface area contributed by atoms with Crippen molar-refractivity contribution in [2.45, 2.75) is 13.0 Å². The van der Waals surface area contributed by atoms with Gasteiger partial charge in [0.25, 0.3) is 5.56 Å². The third kappa shape index (κ3) is 3.35. The van der Waals surface area contributed by atoms with E-state index >= 15 is 0 Å². The van der Waals surface area contributed by atoms with Gasteiger partial charge >= 0.3 is 5.97 Å². The number of nitrogens with zero attached hydrogens (tertiary/aromatic N) is 1. The van der Waals surface area contributed by atoms with Crippen LogP contribution >= 0.6 is 0 Å². The van der Waals surface area contributed by atoms with E-state index < -0.39 is 17.9 Å². The SMILES string of the molecule is COc1ccc(C(=O)O[C@H](C)c2nc3ccccc3c(=O)[nH]2)c(F)c1. The standard InChI is InChI=1S/C18H15FN2O4/c1-10(16-20-15-6-4-3-5-13(15)17(22)21-16)25-18(23)12-8-7-11(24-2)9-14(12)19/h3-10H,1-2H3,(H,20,21,22)/t10-/m1/s1. The Balaban J connectivity index is 1.86. The number of fused-ring (bicyclic) bond motifs is 1. The average molecular weight is 342 g/mol. The van der Waals surface area contributed by atoms with E-state index in [-0.39, 0.29) is 16.9 Å². The van der Waals surface area contributed by atoms with Crippen molar-refractivity contribution in [3.05, 3.63) is 70.0 Å². The molecule has 0 radical (unpaired) electrons. The minimum Gasteiger partial charge on any atom is -0.497 e. The van der Waals surface area contributed by atoms with Crippen molar-refractivity contribution in [1.29, 1.82) is 0 Å². The van der Waals surface area contributed by atoms with E-state index in [2.05, 4.69) is 9.97 Å². The Morgan fingerprint density at radius 1 is 1.24 bits per heavy atom. The summed E-state index contributed by atoms with van der Waals surface area (Å²) in [6, 6.07) is 10.6. The fourth-order valence-corrected chi connectivity index (χ4v) is 2.37. The Bertz CT molecular complexity index is 1000. The predicted molar refractivity (Wildman–Crippen MR) is 89.1 cm³/mol. The van der Waals surface area contributed by atoms with E-state index in [0.29, 0.717) is 16.7 Å². The highest BCUT2D eigenvalue weighted by Crippen LogP contribution is 2.20. The zero-order chi connectivity index (χ0) is 18.0. The van der Waals surface area contributed by atoms with Gasteiger partial charge in [0, 0.05) is 6.07 Å². The fourth-order valence-electron chi connectivity index (χ4n) is 2.37. The van der Waals surface area contributed by atoms with Crippen LogP contribution in [-0.4, -0.2) is 23.0 Å². The van der Waals surface area contributed by atoms with Gasteiger partial charge in [0.2, 0.25) is 0 Å². The molecular weight excluding hydrogens is 327 g/mol. The number of methoxy groups -OCH3 is 1. The van der Waals surface area contributed by atoms with Gasteiger partial charge < -0.3 is 14.5 Å². The zero-order valence-electron chi connectivity index (χ0n) is 13.6. The molecule has 0 saturated heterocycles. The van der Waals surface area contributed by atoms with E-state index in [4.69, 9.17) is 9.47 Å². The van der Waals surface area contributed by atoms with Crippen LogP contribution in [0.1, 0.15) is 29.2 Å². The number of aromatic nitrogens is 2. The molecule has 7 heteroatoms. The van der Waals surface area contributed by atoms with E-state index in [9.17, 15) is 14.0 Å². The van der Waals surface area contributed by atoms with Gasteiger partial charge in [-0.3, -0.25) is 4.79 Å². The number of rotatable bonds is 4. The lowest BCUT2D eigenvalue weighted by Crippen LogP contribution is -2.18. The molecule has 0 aliphatic carbocycles. The number of hydrogen-bond acceptors (Lipinski definition) is 5. The first kappa shape index (κ1) is 16.6. The summed E-state index contributed by atoms with van der Waals surface area (Å²) >= 11 is 0.